The number of hydrogen-bond acceptors (Lipinski definition) is 3. The van der Waals surface area contributed by atoms with E-state index in [1.807, 2.05) is 0 Å². The molecule has 1 rings (SSSR count). The Kier molecular flexibility index (Phi) is 6.25. The monoisotopic (exact) mass is 297 g/mol. The molecule has 0 spiro atoms. The fraction of sp³-hybridized carbons (Fsp3) is 0.750. The predicted molar refractivity (Wildman–Crippen MR) is 87.5 cm³/mol. The molecule has 1 aromatic heterocycles. The molecule has 3 nitrogen and oxygen atoms in total. The van der Waals surface area contributed by atoms with Gasteiger partial charge in [-0.3, -0.25) is 0 Å². The zero-order chi connectivity index (χ0) is 15.3. The molecule has 0 amide bonds. The van der Waals surface area contributed by atoms with Gasteiger partial charge in [0.05, 0.1) is 0 Å². The second kappa shape index (κ2) is 7.26. The fourth-order valence-electron chi connectivity index (χ4n) is 1.98. The van der Waals surface area contributed by atoms with Gasteiger partial charge in [0.2, 0.25) is 0 Å². The van der Waals surface area contributed by atoms with E-state index >= 15 is 0 Å². The molecule has 1 unspecified atom stereocenters. The van der Waals surface area contributed by atoms with E-state index in [0.717, 1.165) is 24.0 Å². The van der Waals surface area contributed by atoms with Crippen LogP contribution in [0.3, 0.4) is 0 Å². The lowest BCUT2D eigenvalue weighted by atomic mass is 9.96. The molecule has 0 saturated carbocycles. The van der Waals surface area contributed by atoms with Crippen LogP contribution >= 0.6 is 11.6 Å². The third-order valence-electron chi connectivity index (χ3n) is 3.18. The first kappa shape index (κ1) is 17.2. The summed E-state index contributed by atoms with van der Waals surface area (Å²) in [6.07, 6.45) is 3.64. The first-order valence-corrected chi connectivity index (χ1v) is 7.88. The van der Waals surface area contributed by atoms with Crippen molar-refractivity contribution in [2.24, 2.45) is 5.92 Å². The molecule has 0 saturated heterocycles. The molecular weight excluding hydrogens is 270 g/mol. The number of aromatic nitrogens is 2. The van der Waals surface area contributed by atoms with Crippen molar-refractivity contribution in [1.82, 2.24) is 9.97 Å². The Morgan fingerprint density at radius 1 is 1.15 bits per heavy atom. The molecule has 0 aliphatic rings. The Bertz CT molecular complexity index is 424. The van der Waals surface area contributed by atoms with Crippen LogP contribution in [0.25, 0.3) is 0 Å². The summed E-state index contributed by atoms with van der Waals surface area (Å²) in [6, 6.07) is 2.20. The maximum absolute atomic E-state index is 6.09. The van der Waals surface area contributed by atoms with Crippen LogP contribution in [0.4, 0.5) is 5.82 Å². The Balaban J connectivity index is 2.65. The molecule has 0 fully saturated rings. The first-order chi connectivity index (χ1) is 9.18. The lowest BCUT2D eigenvalue weighted by molar-refractivity contribution is 0.518. The van der Waals surface area contributed by atoms with E-state index in [1.54, 1.807) is 6.07 Å². The van der Waals surface area contributed by atoms with Crippen LogP contribution in [0.5, 0.6) is 0 Å². The van der Waals surface area contributed by atoms with Crippen LogP contribution < -0.4 is 5.32 Å². The zero-order valence-electron chi connectivity index (χ0n) is 13.6. The van der Waals surface area contributed by atoms with Crippen molar-refractivity contribution in [1.29, 1.82) is 0 Å². The van der Waals surface area contributed by atoms with E-state index in [0.29, 0.717) is 11.2 Å². The second-order valence-corrected chi connectivity index (χ2v) is 7.41. The standard InChI is InChI=1S/C16H28ClN3/c1-11(2)8-7-9-12(3)18-14-10-13(17)19-15(20-14)16(4,5)6/h10-12H,7-9H2,1-6H3,(H,18,19,20). The molecule has 0 radical (unpaired) electrons. The van der Waals surface area contributed by atoms with Crippen molar-refractivity contribution in [3.63, 3.8) is 0 Å². The molecular formula is C16H28ClN3. The fourth-order valence-corrected chi connectivity index (χ4v) is 2.17. The van der Waals surface area contributed by atoms with Crippen molar-refractivity contribution in [2.45, 2.75) is 72.3 Å². The van der Waals surface area contributed by atoms with Gasteiger partial charge in [-0.1, -0.05) is 59.1 Å². The quantitative estimate of drug-likeness (QED) is 0.746. The average Bonchev–Trinajstić information content (AvgIpc) is 2.26. The topological polar surface area (TPSA) is 37.8 Å². The smallest absolute Gasteiger partial charge is 0.137 e. The van der Waals surface area contributed by atoms with E-state index in [1.165, 1.54) is 12.8 Å². The van der Waals surface area contributed by atoms with Crippen LogP contribution in [0.15, 0.2) is 6.07 Å². The highest BCUT2D eigenvalue weighted by Gasteiger charge is 2.19. The summed E-state index contributed by atoms with van der Waals surface area (Å²) in [6.45, 7) is 13.0. The summed E-state index contributed by atoms with van der Waals surface area (Å²) >= 11 is 6.09. The van der Waals surface area contributed by atoms with E-state index < -0.39 is 0 Å². The Labute approximate surface area is 128 Å². The first-order valence-electron chi connectivity index (χ1n) is 7.50. The molecule has 1 N–H and O–H groups in total. The minimum Gasteiger partial charge on any atom is -0.367 e. The van der Waals surface area contributed by atoms with Gasteiger partial charge in [-0.05, 0) is 19.3 Å². The third-order valence-corrected chi connectivity index (χ3v) is 3.37. The van der Waals surface area contributed by atoms with Crippen LogP contribution in [-0.2, 0) is 5.41 Å². The number of anilines is 1. The predicted octanol–water partition coefficient (Wildman–Crippen LogP) is 5.05. The third kappa shape index (κ3) is 6.08. The maximum Gasteiger partial charge on any atom is 0.137 e. The van der Waals surface area contributed by atoms with Crippen LogP contribution in [-0.4, -0.2) is 16.0 Å². The van der Waals surface area contributed by atoms with Crippen LogP contribution in [0.1, 0.15) is 66.6 Å². The van der Waals surface area contributed by atoms with E-state index in [4.69, 9.17) is 11.6 Å². The lowest BCUT2D eigenvalue weighted by Crippen LogP contribution is -2.20. The van der Waals surface area contributed by atoms with Crippen molar-refractivity contribution in [2.75, 3.05) is 5.32 Å². The Morgan fingerprint density at radius 3 is 2.35 bits per heavy atom. The van der Waals surface area contributed by atoms with Gasteiger partial charge >= 0.3 is 0 Å². The van der Waals surface area contributed by atoms with Gasteiger partial charge in [0, 0.05) is 17.5 Å². The molecule has 0 aromatic carbocycles. The SMILES string of the molecule is CC(C)CCCC(C)Nc1cc(Cl)nc(C(C)(C)C)n1. The maximum atomic E-state index is 6.09. The highest BCUT2D eigenvalue weighted by Crippen LogP contribution is 2.23. The normalized spacial score (nSPS) is 13.6. The number of hydrogen-bond donors (Lipinski definition) is 1. The van der Waals surface area contributed by atoms with Crippen LogP contribution in [0, 0.1) is 5.92 Å². The van der Waals surface area contributed by atoms with Crippen LogP contribution in [0.2, 0.25) is 5.15 Å². The van der Waals surface area contributed by atoms with E-state index in [2.05, 4.69) is 56.8 Å². The largest absolute Gasteiger partial charge is 0.367 e. The number of halogens is 1. The van der Waals surface area contributed by atoms with Gasteiger partial charge in [-0.25, -0.2) is 9.97 Å². The molecule has 0 aliphatic carbocycles. The van der Waals surface area contributed by atoms with Gasteiger partial charge in [0.25, 0.3) is 0 Å². The Morgan fingerprint density at radius 2 is 1.80 bits per heavy atom. The van der Waals surface area contributed by atoms with Gasteiger partial charge in [0.15, 0.2) is 0 Å². The molecule has 1 aromatic rings. The van der Waals surface area contributed by atoms with E-state index in [9.17, 15) is 0 Å². The van der Waals surface area contributed by atoms with Gasteiger partial charge in [-0.2, -0.15) is 0 Å². The van der Waals surface area contributed by atoms with E-state index in [-0.39, 0.29) is 5.41 Å². The average molecular weight is 298 g/mol. The number of rotatable bonds is 6. The minimum atomic E-state index is -0.0950. The molecule has 20 heavy (non-hydrogen) atoms. The molecule has 4 heteroatoms. The summed E-state index contributed by atoms with van der Waals surface area (Å²) in [7, 11) is 0. The summed E-state index contributed by atoms with van der Waals surface area (Å²) < 4.78 is 0. The zero-order valence-corrected chi connectivity index (χ0v) is 14.4. The lowest BCUT2D eigenvalue weighted by Gasteiger charge is -2.20. The molecule has 0 aliphatic heterocycles. The highest BCUT2D eigenvalue weighted by atomic mass is 35.5. The molecule has 114 valence electrons. The number of nitrogens with zero attached hydrogens (tertiary/aromatic N) is 2. The summed E-state index contributed by atoms with van der Waals surface area (Å²) in [5.41, 5.74) is -0.0950. The van der Waals surface area contributed by atoms with Crippen molar-refractivity contribution < 1.29 is 0 Å². The molecule has 0 bridgehead atoms. The minimum absolute atomic E-state index is 0.0950. The van der Waals surface area contributed by atoms with Gasteiger partial charge < -0.3 is 5.32 Å². The summed E-state index contributed by atoms with van der Waals surface area (Å²) in [5, 5.41) is 3.94. The Hall–Kier alpha value is -0.830. The van der Waals surface area contributed by atoms with Gasteiger partial charge in [0.1, 0.15) is 16.8 Å². The molecule has 1 heterocycles. The summed E-state index contributed by atoms with van der Waals surface area (Å²) in [4.78, 5) is 8.89. The number of nitrogens with one attached hydrogen (secondary N) is 1. The second-order valence-electron chi connectivity index (χ2n) is 7.02. The van der Waals surface area contributed by atoms with Gasteiger partial charge in [-0.15, -0.1) is 0 Å². The van der Waals surface area contributed by atoms with Crippen molar-refractivity contribution >= 4 is 17.4 Å². The summed E-state index contributed by atoms with van der Waals surface area (Å²) in [5.74, 6) is 2.37. The highest BCUT2D eigenvalue weighted by molar-refractivity contribution is 6.29. The van der Waals surface area contributed by atoms with Crippen molar-refractivity contribution in [3.05, 3.63) is 17.0 Å². The molecule has 1 atom stereocenters. The van der Waals surface area contributed by atoms with Crippen molar-refractivity contribution in [3.8, 4) is 0 Å².